The van der Waals surface area contributed by atoms with E-state index in [0.29, 0.717) is 22.9 Å². The van der Waals surface area contributed by atoms with E-state index in [2.05, 4.69) is 0 Å². The number of thioether (sulfide) groups is 1. The summed E-state index contributed by atoms with van der Waals surface area (Å²) in [5, 5.41) is 21.2. The monoisotopic (exact) mass is 274 g/mol. The van der Waals surface area contributed by atoms with Crippen molar-refractivity contribution in [3.8, 4) is 16.5 Å². The number of nitro groups is 1. The number of nitrogens with zero attached hydrogens (tertiary/aromatic N) is 2. The van der Waals surface area contributed by atoms with Crippen LogP contribution in [0.25, 0.3) is 11.1 Å². The van der Waals surface area contributed by atoms with Crippen LogP contribution in [0.4, 0.5) is 10.1 Å². The molecule has 19 heavy (non-hydrogen) atoms. The number of para-hydroxylation sites is 1. The van der Waals surface area contributed by atoms with Crippen LogP contribution in [0.15, 0.2) is 47.4 Å². The van der Waals surface area contributed by atoms with Crippen molar-refractivity contribution < 1.29 is 9.31 Å². The van der Waals surface area contributed by atoms with Crippen LogP contribution in [0.1, 0.15) is 0 Å². The van der Waals surface area contributed by atoms with Crippen LogP contribution in [0, 0.1) is 26.6 Å². The molecule has 0 atom stereocenters. The maximum atomic E-state index is 13.7. The Morgan fingerprint density at radius 2 is 2.00 bits per heavy atom. The standard InChI is InChI=1S/C13H7FN2O2S/c14-11-7-9(5-6-13(11)19-8-15)10-3-1-2-4-12(10)16(17)18/h1-7H. The van der Waals surface area contributed by atoms with Crippen molar-refractivity contribution in [2.24, 2.45) is 0 Å². The first kappa shape index (κ1) is 13.1. The van der Waals surface area contributed by atoms with Crippen molar-refractivity contribution in [2.75, 3.05) is 0 Å². The fraction of sp³-hybridized carbons (Fsp3) is 0. The van der Waals surface area contributed by atoms with Crippen molar-refractivity contribution in [3.63, 3.8) is 0 Å². The molecule has 0 amide bonds. The van der Waals surface area contributed by atoms with Gasteiger partial charge < -0.3 is 0 Å². The summed E-state index contributed by atoms with van der Waals surface area (Å²) in [6.07, 6.45) is 0. The summed E-state index contributed by atoms with van der Waals surface area (Å²) in [5.74, 6) is -0.567. The minimum atomic E-state index is -0.567. The molecule has 0 bridgehead atoms. The molecule has 0 aromatic heterocycles. The van der Waals surface area contributed by atoms with Crippen molar-refractivity contribution >= 4 is 17.4 Å². The van der Waals surface area contributed by atoms with E-state index in [1.54, 1.807) is 29.7 Å². The highest BCUT2D eigenvalue weighted by molar-refractivity contribution is 8.03. The molecular weight excluding hydrogens is 267 g/mol. The molecule has 0 spiro atoms. The minimum absolute atomic E-state index is 0.0809. The van der Waals surface area contributed by atoms with Crippen molar-refractivity contribution in [2.45, 2.75) is 4.90 Å². The molecule has 2 aromatic carbocycles. The number of nitro benzene ring substituents is 1. The highest BCUT2D eigenvalue weighted by atomic mass is 32.2. The predicted octanol–water partition coefficient (Wildman–Crippen LogP) is 3.97. The van der Waals surface area contributed by atoms with Crippen LogP contribution in [0.5, 0.6) is 0 Å². The molecule has 6 heteroatoms. The Bertz CT molecular complexity index is 683. The average molecular weight is 274 g/mol. The molecule has 0 heterocycles. The number of thiocyanates is 1. The smallest absolute Gasteiger partial charge is 0.258 e. The van der Waals surface area contributed by atoms with Crippen LogP contribution in [0.2, 0.25) is 0 Å². The third kappa shape index (κ3) is 2.72. The lowest BCUT2D eigenvalue weighted by Gasteiger charge is -2.04. The van der Waals surface area contributed by atoms with Gasteiger partial charge in [-0.1, -0.05) is 18.2 Å². The second kappa shape index (κ2) is 5.50. The van der Waals surface area contributed by atoms with E-state index < -0.39 is 10.7 Å². The Hall–Kier alpha value is -2.39. The molecule has 0 unspecified atom stereocenters. The van der Waals surface area contributed by atoms with Gasteiger partial charge in [0.15, 0.2) is 0 Å². The molecule has 0 fully saturated rings. The van der Waals surface area contributed by atoms with Gasteiger partial charge in [0, 0.05) is 6.07 Å². The maximum absolute atomic E-state index is 13.7. The lowest BCUT2D eigenvalue weighted by atomic mass is 10.0. The average Bonchev–Trinajstić information content (AvgIpc) is 2.41. The number of hydrogen-bond acceptors (Lipinski definition) is 4. The maximum Gasteiger partial charge on any atom is 0.277 e. The third-order valence-electron chi connectivity index (χ3n) is 2.50. The van der Waals surface area contributed by atoms with Crippen molar-refractivity contribution in [3.05, 3.63) is 58.4 Å². The number of benzene rings is 2. The van der Waals surface area contributed by atoms with Crippen LogP contribution in [-0.4, -0.2) is 4.92 Å². The molecule has 4 nitrogen and oxygen atoms in total. The Balaban J connectivity index is 2.52. The summed E-state index contributed by atoms with van der Waals surface area (Å²) in [5.41, 5.74) is 0.676. The third-order valence-corrected chi connectivity index (χ3v) is 3.14. The van der Waals surface area contributed by atoms with Crippen molar-refractivity contribution in [1.82, 2.24) is 0 Å². The summed E-state index contributed by atoms with van der Waals surface area (Å²) in [6, 6.07) is 10.3. The molecular formula is C13H7FN2O2S. The normalized spacial score (nSPS) is 9.89. The molecule has 2 aromatic rings. The zero-order valence-corrected chi connectivity index (χ0v) is 10.4. The van der Waals surface area contributed by atoms with Crippen LogP contribution in [0.3, 0.4) is 0 Å². The molecule has 0 N–H and O–H groups in total. The van der Waals surface area contributed by atoms with Gasteiger partial charge in [-0.25, -0.2) is 4.39 Å². The topological polar surface area (TPSA) is 66.9 Å². The number of rotatable bonds is 3. The van der Waals surface area contributed by atoms with Gasteiger partial charge >= 0.3 is 0 Å². The summed E-state index contributed by atoms with van der Waals surface area (Å²) in [6.45, 7) is 0. The van der Waals surface area contributed by atoms with Crippen LogP contribution in [-0.2, 0) is 0 Å². The number of halogens is 1. The molecule has 0 aliphatic carbocycles. The Kier molecular flexibility index (Phi) is 3.78. The van der Waals surface area contributed by atoms with Gasteiger partial charge in [0.1, 0.15) is 11.2 Å². The second-order valence-electron chi connectivity index (χ2n) is 3.61. The van der Waals surface area contributed by atoms with E-state index in [-0.39, 0.29) is 10.6 Å². The molecule has 0 saturated carbocycles. The second-order valence-corrected chi connectivity index (χ2v) is 4.44. The predicted molar refractivity (Wildman–Crippen MR) is 70.0 cm³/mol. The minimum Gasteiger partial charge on any atom is -0.258 e. The molecule has 2 rings (SSSR count). The van der Waals surface area contributed by atoms with E-state index >= 15 is 0 Å². The molecule has 0 saturated heterocycles. The van der Waals surface area contributed by atoms with Gasteiger partial charge in [-0.15, -0.1) is 0 Å². The molecule has 0 radical (unpaired) electrons. The van der Waals surface area contributed by atoms with E-state index in [1.807, 2.05) is 0 Å². The lowest BCUT2D eigenvalue weighted by Crippen LogP contribution is -1.92. The Morgan fingerprint density at radius 3 is 2.63 bits per heavy atom. The molecule has 0 aliphatic rings. The van der Waals surface area contributed by atoms with E-state index in [4.69, 9.17) is 5.26 Å². The summed E-state index contributed by atoms with van der Waals surface area (Å²) in [4.78, 5) is 10.6. The first-order valence-electron chi connectivity index (χ1n) is 5.22. The highest BCUT2D eigenvalue weighted by Gasteiger charge is 2.15. The number of hydrogen-bond donors (Lipinski definition) is 0. The van der Waals surface area contributed by atoms with Gasteiger partial charge in [-0.05, 0) is 35.5 Å². The fourth-order valence-electron chi connectivity index (χ4n) is 1.68. The Morgan fingerprint density at radius 1 is 1.26 bits per heavy atom. The zero-order valence-electron chi connectivity index (χ0n) is 9.54. The first-order valence-corrected chi connectivity index (χ1v) is 6.04. The fourth-order valence-corrected chi connectivity index (χ4v) is 2.07. The number of nitriles is 1. The van der Waals surface area contributed by atoms with Crippen LogP contribution < -0.4 is 0 Å². The summed E-state index contributed by atoms with van der Waals surface area (Å²) >= 11 is 0.713. The zero-order chi connectivity index (χ0) is 13.8. The molecule has 0 aliphatic heterocycles. The summed E-state index contributed by atoms with van der Waals surface area (Å²) < 4.78 is 13.7. The van der Waals surface area contributed by atoms with Gasteiger partial charge in [0.25, 0.3) is 5.69 Å². The van der Waals surface area contributed by atoms with Gasteiger partial charge in [0.2, 0.25) is 0 Å². The SMILES string of the molecule is N#CSc1ccc(-c2ccccc2[N+](=O)[O-])cc1F. The molecule has 94 valence electrons. The van der Waals surface area contributed by atoms with Crippen molar-refractivity contribution in [1.29, 1.82) is 5.26 Å². The lowest BCUT2D eigenvalue weighted by molar-refractivity contribution is -0.384. The summed E-state index contributed by atoms with van der Waals surface area (Å²) in [7, 11) is 0. The Labute approximate surface area is 112 Å². The van der Waals surface area contributed by atoms with Crippen LogP contribution >= 0.6 is 11.8 Å². The largest absolute Gasteiger partial charge is 0.277 e. The van der Waals surface area contributed by atoms with Gasteiger partial charge in [-0.3, -0.25) is 10.1 Å². The first-order chi connectivity index (χ1) is 9.13. The van der Waals surface area contributed by atoms with E-state index in [0.717, 1.165) is 0 Å². The highest BCUT2D eigenvalue weighted by Crippen LogP contribution is 2.32. The quantitative estimate of drug-likeness (QED) is 0.367. The van der Waals surface area contributed by atoms with Gasteiger partial charge in [-0.2, -0.15) is 5.26 Å². The van der Waals surface area contributed by atoms with Gasteiger partial charge in [0.05, 0.1) is 15.4 Å². The van der Waals surface area contributed by atoms with E-state index in [1.165, 1.54) is 18.2 Å². The van der Waals surface area contributed by atoms with E-state index in [9.17, 15) is 14.5 Å².